The average Bonchev–Trinajstić information content (AvgIpc) is 2.94. The molecule has 0 radical (unpaired) electrons. The summed E-state index contributed by atoms with van der Waals surface area (Å²) in [5.41, 5.74) is 6.03. The van der Waals surface area contributed by atoms with E-state index in [4.69, 9.17) is 19.9 Å². The highest BCUT2D eigenvalue weighted by Crippen LogP contribution is 2.28. The Balaban J connectivity index is 1.63. The molecule has 2 atom stereocenters. The SMILES string of the molecule is CC1(CCC(=O)OCCc2ccccc2)OCC(COC(N)=O)O1. The van der Waals surface area contributed by atoms with Crippen molar-refractivity contribution in [2.75, 3.05) is 19.8 Å². The van der Waals surface area contributed by atoms with Crippen molar-refractivity contribution in [3.63, 3.8) is 0 Å². The normalized spacial score (nSPS) is 23.0. The topological polar surface area (TPSA) is 97.1 Å². The predicted molar refractivity (Wildman–Crippen MR) is 85.1 cm³/mol. The molecule has 1 aliphatic heterocycles. The molecule has 1 amide bonds. The molecule has 0 aliphatic carbocycles. The molecule has 0 aromatic heterocycles. The van der Waals surface area contributed by atoms with E-state index in [1.807, 2.05) is 30.3 Å². The van der Waals surface area contributed by atoms with Crippen molar-refractivity contribution in [1.82, 2.24) is 0 Å². The first kappa shape index (κ1) is 18.2. The van der Waals surface area contributed by atoms with Crippen molar-refractivity contribution in [3.05, 3.63) is 35.9 Å². The molecule has 0 bridgehead atoms. The quantitative estimate of drug-likeness (QED) is 0.726. The third-order valence-electron chi connectivity index (χ3n) is 3.68. The van der Waals surface area contributed by atoms with Crippen LogP contribution >= 0.6 is 0 Å². The molecule has 1 fully saturated rings. The van der Waals surface area contributed by atoms with E-state index >= 15 is 0 Å². The summed E-state index contributed by atoms with van der Waals surface area (Å²) in [7, 11) is 0. The first-order chi connectivity index (χ1) is 11.5. The Morgan fingerprint density at radius 2 is 2.04 bits per heavy atom. The Hall–Kier alpha value is -2.12. The molecule has 1 saturated heterocycles. The molecule has 1 aromatic carbocycles. The van der Waals surface area contributed by atoms with Crippen molar-refractivity contribution in [2.24, 2.45) is 5.73 Å². The summed E-state index contributed by atoms with van der Waals surface area (Å²) in [4.78, 5) is 22.4. The minimum absolute atomic E-state index is 0.0342. The molecule has 1 aliphatic rings. The summed E-state index contributed by atoms with van der Waals surface area (Å²) >= 11 is 0. The van der Waals surface area contributed by atoms with Gasteiger partial charge in [0.25, 0.3) is 0 Å². The van der Waals surface area contributed by atoms with Gasteiger partial charge < -0.3 is 24.7 Å². The summed E-state index contributed by atoms with van der Waals surface area (Å²) in [6.45, 7) is 2.41. The third kappa shape index (κ3) is 6.17. The second kappa shape index (κ2) is 8.65. The van der Waals surface area contributed by atoms with E-state index < -0.39 is 11.9 Å². The standard InChI is InChI=1S/C17H23NO6/c1-17(23-12-14(24-17)11-22-16(18)20)9-7-15(19)21-10-8-13-5-3-2-4-6-13/h2-6,14H,7-12H2,1H3,(H2,18,20). The number of nitrogens with two attached hydrogens (primary N) is 1. The Bertz CT molecular complexity index is 549. The maximum Gasteiger partial charge on any atom is 0.404 e. The van der Waals surface area contributed by atoms with Crippen molar-refractivity contribution in [3.8, 4) is 0 Å². The number of amides is 1. The first-order valence-electron chi connectivity index (χ1n) is 7.90. The summed E-state index contributed by atoms with van der Waals surface area (Å²) in [6, 6.07) is 9.82. The lowest BCUT2D eigenvalue weighted by molar-refractivity contribution is -0.170. The van der Waals surface area contributed by atoms with Crippen LogP contribution in [-0.4, -0.2) is 43.8 Å². The van der Waals surface area contributed by atoms with E-state index in [-0.39, 0.29) is 31.7 Å². The zero-order valence-electron chi connectivity index (χ0n) is 13.7. The van der Waals surface area contributed by atoms with Gasteiger partial charge in [-0.15, -0.1) is 0 Å². The predicted octanol–water partition coefficient (Wildman–Crippen LogP) is 1.78. The number of carbonyl (C=O) groups excluding carboxylic acids is 2. The van der Waals surface area contributed by atoms with Crippen molar-refractivity contribution < 1.29 is 28.5 Å². The zero-order chi connectivity index (χ0) is 17.4. The van der Waals surface area contributed by atoms with Crippen LogP contribution in [0.4, 0.5) is 4.79 Å². The largest absolute Gasteiger partial charge is 0.465 e. The van der Waals surface area contributed by atoms with Gasteiger partial charge in [-0.05, 0) is 12.5 Å². The van der Waals surface area contributed by atoms with E-state index in [0.717, 1.165) is 5.56 Å². The van der Waals surface area contributed by atoms with Crippen LogP contribution in [0.25, 0.3) is 0 Å². The Morgan fingerprint density at radius 3 is 2.75 bits per heavy atom. The molecule has 7 nitrogen and oxygen atoms in total. The van der Waals surface area contributed by atoms with Crippen LogP contribution in [0.3, 0.4) is 0 Å². The second-order valence-corrected chi connectivity index (χ2v) is 5.77. The second-order valence-electron chi connectivity index (χ2n) is 5.77. The number of ether oxygens (including phenoxy) is 4. The maximum absolute atomic E-state index is 11.8. The minimum Gasteiger partial charge on any atom is -0.465 e. The van der Waals surface area contributed by atoms with Crippen LogP contribution in [0.2, 0.25) is 0 Å². The fraction of sp³-hybridized carbons (Fsp3) is 0.529. The van der Waals surface area contributed by atoms with E-state index in [1.165, 1.54) is 0 Å². The van der Waals surface area contributed by atoms with E-state index in [9.17, 15) is 9.59 Å². The molecule has 132 valence electrons. The van der Waals surface area contributed by atoms with Gasteiger partial charge in [-0.3, -0.25) is 4.79 Å². The first-order valence-corrected chi connectivity index (χ1v) is 7.90. The monoisotopic (exact) mass is 337 g/mol. The van der Waals surface area contributed by atoms with Gasteiger partial charge in [0.2, 0.25) is 0 Å². The lowest BCUT2D eigenvalue weighted by Gasteiger charge is -2.22. The fourth-order valence-electron chi connectivity index (χ4n) is 2.41. The van der Waals surface area contributed by atoms with Crippen LogP contribution < -0.4 is 5.73 Å². The minimum atomic E-state index is -0.885. The molecule has 0 spiro atoms. The van der Waals surface area contributed by atoms with Gasteiger partial charge in [-0.1, -0.05) is 30.3 Å². The smallest absolute Gasteiger partial charge is 0.404 e. The number of primary amides is 1. The average molecular weight is 337 g/mol. The Morgan fingerprint density at radius 1 is 1.29 bits per heavy atom. The van der Waals surface area contributed by atoms with Crippen molar-refractivity contribution in [2.45, 2.75) is 38.1 Å². The molecule has 1 aromatic rings. The van der Waals surface area contributed by atoms with Gasteiger partial charge in [0.05, 0.1) is 19.6 Å². The number of carbonyl (C=O) groups is 2. The van der Waals surface area contributed by atoms with Gasteiger partial charge in [0, 0.05) is 12.8 Å². The summed E-state index contributed by atoms with van der Waals surface area (Å²) in [6.07, 6.45) is 0.00766. The van der Waals surface area contributed by atoms with Gasteiger partial charge in [-0.25, -0.2) is 4.79 Å². The van der Waals surface area contributed by atoms with Gasteiger partial charge in [-0.2, -0.15) is 0 Å². The maximum atomic E-state index is 11.8. The molecule has 1 heterocycles. The lowest BCUT2D eigenvalue weighted by atomic mass is 10.1. The molecule has 2 rings (SSSR count). The number of benzene rings is 1. The van der Waals surface area contributed by atoms with Crippen LogP contribution in [0.5, 0.6) is 0 Å². The number of hydrogen-bond acceptors (Lipinski definition) is 6. The lowest BCUT2D eigenvalue weighted by Crippen LogP contribution is -2.30. The number of rotatable bonds is 8. The molecular formula is C17H23NO6. The zero-order valence-corrected chi connectivity index (χ0v) is 13.7. The third-order valence-corrected chi connectivity index (χ3v) is 3.68. The van der Waals surface area contributed by atoms with Crippen molar-refractivity contribution >= 4 is 12.1 Å². The van der Waals surface area contributed by atoms with Gasteiger partial charge in [0.15, 0.2) is 5.79 Å². The number of hydrogen-bond donors (Lipinski definition) is 1. The highest BCUT2D eigenvalue weighted by atomic mass is 16.8. The summed E-state index contributed by atoms with van der Waals surface area (Å²) in [5, 5.41) is 0. The van der Waals surface area contributed by atoms with Crippen molar-refractivity contribution in [1.29, 1.82) is 0 Å². The van der Waals surface area contributed by atoms with E-state index in [0.29, 0.717) is 19.4 Å². The summed E-state index contributed by atoms with van der Waals surface area (Å²) in [5.74, 6) is -1.18. The highest BCUT2D eigenvalue weighted by molar-refractivity contribution is 5.69. The van der Waals surface area contributed by atoms with Crippen LogP contribution in [0.15, 0.2) is 30.3 Å². The molecule has 2 N–H and O–H groups in total. The van der Waals surface area contributed by atoms with Crippen LogP contribution in [0, 0.1) is 0 Å². The molecular weight excluding hydrogens is 314 g/mol. The molecule has 7 heteroatoms. The fourth-order valence-corrected chi connectivity index (χ4v) is 2.41. The number of esters is 1. The molecule has 24 heavy (non-hydrogen) atoms. The van der Waals surface area contributed by atoms with Crippen LogP contribution in [-0.2, 0) is 30.2 Å². The Kier molecular flexibility index (Phi) is 6.57. The van der Waals surface area contributed by atoms with Gasteiger partial charge >= 0.3 is 12.1 Å². The molecule has 2 unspecified atom stereocenters. The summed E-state index contributed by atoms with van der Waals surface area (Å²) < 4.78 is 21.1. The van der Waals surface area contributed by atoms with Crippen LogP contribution in [0.1, 0.15) is 25.3 Å². The van der Waals surface area contributed by atoms with Gasteiger partial charge in [0.1, 0.15) is 12.7 Å². The van der Waals surface area contributed by atoms with E-state index in [2.05, 4.69) is 4.74 Å². The highest BCUT2D eigenvalue weighted by Gasteiger charge is 2.38. The molecule has 0 saturated carbocycles. The Labute approximate surface area is 141 Å². The van der Waals surface area contributed by atoms with E-state index in [1.54, 1.807) is 6.92 Å².